The van der Waals surface area contributed by atoms with E-state index >= 15 is 0 Å². The molecule has 25 heavy (non-hydrogen) atoms. The van der Waals surface area contributed by atoms with Crippen molar-refractivity contribution in [2.75, 3.05) is 6.61 Å². The molecule has 0 spiro atoms. The summed E-state index contributed by atoms with van der Waals surface area (Å²) >= 11 is 0. The molecule has 0 aromatic heterocycles. The normalized spacial score (nSPS) is 36.3. The van der Waals surface area contributed by atoms with Crippen molar-refractivity contribution in [2.24, 2.45) is 17.8 Å². The molecule has 3 rings (SSSR count). The zero-order valence-electron chi connectivity index (χ0n) is 15.8. The first-order valence-electron chi connectivity index (χ1n) is 10.6. The van der Waals surface area contributed by atoms with E-state index in [9.17, 15) is 9.18 Å². The van der Waals surface area contributed by atoms with Gasteiger partial charge in [0.1, 0.15) is 0 Å². The zero-order valence-corrected chi connectivity index (χ0v) is 15.8. The Morgan fingerprint density at radius 3 is 2.88 bits per heavy atom. The highest BCUT2D eigenvalue weighted by Gasteiger charge is 2.46. The first-order valence-corrected chi connectivity index (χ1v) is 10.6. The van der Waals surface area contributed by atoms with Crippen LogP contribution in [-0.4, -0.2) is 31.0 Å². The number of carbonyl (C=O) groups is 1. The summed E-state index contributed by atoms with van der Waals surface area (Å²) in [6, 6.07) is 0. The molecule has 144 valence electrons. The third-order valence-electron chi connectivity index (χ3n) is 6.63. The van der Waals surface area contributed by atoms with Crippen molar-refractivity contribution in [3.05, 3.63) is 0 Å². The van der Waals surface area contributed by atoms with Crippen molar-refractivity contribution in [3.63, 3.8) is 0 Å². The maximum atomic E-state index is 14.0. The van der Waals surface area contributed by atoms with Crippen LogP contribution in [0.4, 0.5) is 4.39 Å². The Labute approximate surface area is 152 Å². The molecule has 0 N–H and O–H groups in total. The standard InChI is InChI=1S/C21H35FO3/c1-2-3-9-18(22)19(23)12-11-17-16-8-6-7-15(16)14-20(17)25-21-10-4-5-13-24-21/h15-18,20-21H,2-14H2,1H3. The van der Waals surface area contributed by atoms with Gasteiger partial charge < -0.3 is 9.47 Å². The van der Waals surface area contributed by atoms with Gasteiger partial charge in [-0.15, -0.1) is 0 Å². The Hall–Kier alpha value is -0.480. The van der Waals surface area contributed by atoms with Gasteiger partial charge in [0.15, 0.2) is 18.2 Å². The summed E-state index contributed by atoms with van der Waals surface area (Å²) in [6.45, 7) is 2.83. The van der Waals surface area contributed by atoms with Crippen molar-refractivity contribution < 1.29 is 18.7 Å². The smallest absolute Gasteiger partial charge is 0.166 e. The summed E-state index contributed by atoms with van der Waals surface area (Å²) < 4.78 is 26.1. The predicted molar refractivity (Wildman–Crippen MR) is 96.1 cm³/mol. The Bertz CT molecular complexity index is 421. The lowest BCUT2D eigenvalue weighted by Crippen LogP contribution is -2.32. The monoisotopic (exact) mass is 354 g/mol. The van der Waals surface area contributed by atoms with E-state index in [1.54, 1.807) is 0 Å². The molecule has 1 saturated heterocycles. The van der Waals surface area contributed by atoms with Gasteiger partial charge in [-0.05, 0) is 62.7 Å². The highest BCUT2D eigenvalue weighted by molar-refractivity contribution is 5.82. The Morgan fingerprint density at radius 2 is 2.12 bits per heavy atom. The predicted octanol–water partition coefficient (Wildman–Crippen LogP) is 5.21. The number of alkyl halides is 1. The van der Waals surface area contributed by atoms with E-state index in [1.807, 2.05) is 6.92 Å². The van der Waals surface area contributed by atoms with Crippen LogP contribution in [0, 0.1) is 17.8 Å². The molecule has 0 aromatic carbocycles. The third kappa shape index (κ3) is 5.03. The number of ether oxygens (including phenoxy) is 2. The average molecular weight is 355 g/mol. The van der Waals surface area contributed by atoms with Crippen LogP contribution < -0.4 is 0 Å². The van der Waals surface area contributed by atoms with Crippen LogP contribution in [0.2, 0.25) is 0 Å². The molecule has 3 aliphatic rings. The maximum Gasteiger partial charge on any atom is 0.166 e. The van der Waals surface area contributed by atoms with Gasteiger partial charge in [-0.25, -0.2) is 4.39 Å². The minimum Gasteiger partial charge on any atom is -0.353 e. The second kappa shape index (κ2) is 9.45. The van der Waals surface area contributed by atoms with Crippen molar-refractivity contribution in [2.45, 2.75) is 103 Å². The largest absolute Gasteiger partial charge is 0.353 e. The fourth-order valence-electron chi connectivity index (χ4n) is 5.25. The lowest BCUT2D eigenvalue weighted by molar-refractivity contribution is -0.196. The average Bonchev–Trinajstić information content (AvgIpc) is 3.20. The molecule has 3 fully saturated rings. The second-order valence-electron chi connectivity index (χ2n) is 8.34. The maximum absolute atomic E-state index is 14.0. The second-order valence-corrected chi connectivity index (χ2v) is 8.34. The Balaban J connectivity index is 1.52. The summed E-state index contributed by atoms with van der Waals surface area (Å²) in [5.41, 5.74) is 0. The van der Waals surface area contributed by atoms with Gasteiger partial charge in [0, 0.05) is 13.0 Å². The lowest BCUT2D eigenvalue weighted by Gasteiger charge is -2.30. The van der Waals surface area contributed by atoms with Crippen molar-refractivity contribution in [3.8, 4) is 0 Å². The molecule has 2 saturated carbocycles. The van der Waals surface area contributed by atoms with Gasteiger partial charge in [-0.3, -0.25) is 4.79 Å². The number of fused-ring (bicyclic) bond motifs is 1. The van der Waals surface area contributed by atoms with Crippen LogP contribution in [-0.2, 0) is 14.3 Å². The Kier molecular flexibility index (Phi) is 7.29. The van der Waals surface area contributed by atoms with Crippen LogP contribution >= 0.6 is 0 Å². The molecule has 1 aliphatic heterocycles. The topological polar surface area (TPSA) is 35.5 Å². The first kappa shape index (κ1) is 19.3. The van der Waals surface area contributed by atoms with Crippen molar-refractivity contribution >= 4 is 5.78 Å². The fourth-order valence-corrected chi connectivity index (χ4v) is 5.25. The zero-order chi connectivity index (χ0) is 17.6. The molecular formula is C21H35FO3. The molecular weight excluding hydrogens is 319 g/mol. The van der Waals surface area contributed by atoms with Crippen LogP contribution in [0.3, 0.4) is 0 Å². The van der Waals surface area contributed by atoms with E-state index < -0.39 is 6.17 Å². The highest BCUT2D eigenvalue weighted by atomic mass is 19.1. The van der Waals surface area contributed by atoms with Crippen molar-refractivity contribution in [1.82, 2.24) is 0 Å². The number of halogens is 1. The molecule has 1 heterocycles. The fraction of sp³-hybridized carbons (Fsp3) is 0.952. The van der Waals surface area contributed by atoms with E-state index in [0.717, 1.165) is 51.0 Å². The van der Waals surface area contributed by atoms with E-state index in [-0.39, 0.29) is 18.2 Å². The molecule has 0 radical (unpaired) electrons. The minimum atomic E-state index is -1.26. The van der Waals surface area contributed by atoms with Gasteiger partial charge in [-0.1, -0.05) is 32.6 Å². The third-order valence-corrected chi connectivity index (χ3v) is 6.63. The van der Waals surface area contributed by atoms with Gasteiger partial charge in [0.25, 0.3) is 0 Å². The summed E-state index contributed by atoms with van der Waals surface area (Å²) in [7, 11) is 0. The molecule has 0 aromatic rings. The van der Waals surface area contributed by atoms with Crippen LogP contribution in [0.15, 0.2) is 0 Å². The number of ketones is 1. The minimum absolute atomic E-state index is 0.0609. The summed E-state index contributed by atoms with van der Waals surface area (Å²) in [5, 5.41) is 0. The number of Topliss-reactive ketones (excluding diaryl/α,β-unsaturated/α-hetero) is 1. The van der Waals surface area contributed by atoms with Gasteiger partial charge in [0.2, 0.25) is 0 Å². The number of hydrogen-bond acceptors (Lipinski definition) is 3. The lowest BCUT2D eigenvalue weighted by atomic mass is 9.86. The summed E-state index contributed by atoms with van der Waals surface area (Å²) in [5.74, 6) is 1.65. The molecule has 6 unspecified atom stereocenters. The summed E-state index contributed by atoms with van der Waals surface area (Å²) in [4.78, 5) is 12.2. The van der Waals surface area contributed by atoms with E-state index in [4.69, 9.17) is 9.47 Å². The molecule has 0 amide bonds. The molecule has 2 aliphatic carbocycles. The molecule has 3 nitrogen and oxygen atoms in total. The molecule has 4 heteroatoms. The van der Waals surface area contributed by atoms with E-state index in [0.29, 0.717) is 24.7 Å². The number of carbonyl (C=O) groups excluding carboxylic acids is 1. The number of hydrogen-bond donors (Lipinski definition) is 0. The van der Waals surface area contributed by atoms with E-state index in [2.05, 4.69) is 0 Å². The highest BCUT2D eigenvalue weighted by Crippen LogP contribution is 2.50. The van der Waals surface area contributed by atoms with Crippen LogP contribution in [0.1, 0.15) is 84.0 Å². The molecule has 6 atom stereocenters. The number of unbranched alkanes of at least 4 members (excludes halogenated alkanes) is 1. The van der Waals surface area contributed by atoms with Crippen molar-refractivity contribution in [1.29, 1.82) is 0 Å². The molecule has 0 bridgehead atoms. The summed E-state index contributed by atoms with van der Waals surface area (Å²) in [6.07, 6.45) is 10.4. The SMILES string of the molecule is CCCCC(F)C(=O)CCC1C(OC2CCCCO2)CC2CCCC21. The van der Waals surface area contributed by atoms with Gasteiger partial charge >= 0.3 is 0 Å². The van der Waals surface area contributed by atoms with Gasteiger partial charge in [0.05, 0.1) is 6.10 Å². The first-order chi connectivity index (χ1) is 12.2. The van der Waals surface area contributed by atoms with Crippen LogP contribution in [0.25, 0.3) is 0 Å². The Morgan fingerprint density at radius 1 is 1.24 bits per heavy atom. The number of rotatable bonds is 9. The van der Waals surface area contributed by atoms with Gasteiger partial charge in [-0.2, -0.15) is 0 Å². The quantitative estimate of drug-likeness (QED) is 0.570. The van der Waals surface area contributed by atoms with E-state index in [1.165, 1.54) is 25.7 Å². The van der Waals surface area contributed by atoms with Crippen LogP contribution in [0.5, 0.6) is 0 Å².